The molecule has 8 heteroatoms. The molecular weight excluding hydrogens is 487 g/mol. The Hall–Kier alpha value is -1.84. The molecule has 0 fully saturated rings. The molecule has 1 N–H and O–H groups in total. The normalized spacial score (nSPS) is 12.2. The lowest BCUT2D eigenvalue weighted by atomic mass is 10.1. The molecule has 26 heavy (non-hydrogen) atoms. The lowest BCUT2D eigenvalue weighted by Crippen LogP contribution is -2.23. The van der Waals surface area contributed by atoms with E-state index in [0.29, 0.717) is 22.2 Å². The second-order valence-electron chi connectivity index (χ2n) is 5.43. The van der Waals surface area contributed by atoms with Crippen molar-refractivity contribution in [2.45, 2.75) is 11.8 Å². The highest BCUT2D eigenvalue weighted by molar-refractivity contribution is 14.1. The van der Waals surface area contributed by atoms with Gasteiger partial charge >= 0.3 is 0 Å². The molecule has 3 aromatic rings. The molecule has 0 saturated heterocycles. The molecular formula is C18H14ClIN2O3S. The van der Waals surface area contributed by atoms with Crippen LogP contribution in [0.1, 0.15) is 17.0 Å². The summed E-state index contributed by atoms with van der Waals surface area (Å²) in [6, 6.07) is 15.3. The second-order valence-corrected chi connectivity index (χ2v) is 8.63. The number of hydrogen-bond acceptors (Lipinski definition) is 4. The highest BCUT2D eigenvalue weighted by Crippen LogP contribution is 2.25. The lowest BCUT2D eigenvalue weighted by molar-refractivity contribution is 0.395. The Kier molecular flexibility index (Phi) is 5.69. The smallest absolute Gasteiger partial charge is 0.261 e. The average molecular weight is 501 g/mol. The number of benzene rings is 2. The molecule has 3 rings (SSSR count). The molecule has 134 valence electrons. The summed E-state index contributed by atoms with van der Waals surface area (Å²) >= 11 is 7.92. The van der Waals surface area contributed by atoms with Gasteiger partial charge in [-0.3, -0.25) is 4.72 Å². The van der Waals surface area contributed by atoms with Crippen molar-refractivity contribution in [2.75, 3.05) is 0 Å². The summed E-state index contributed by atoms with van der Waals surface area (Å²) in [7, 11) is -3.81. The van der Waals surface area contributed by atoms with Gasteiger partial charge in [0.05, 0.1) is 14.2 Å². The minimum atomic E-state index is -3.81. The van der Waals surface area contributed by atoms with E-state index in [1.165, 1.54) is 24.3 Å². The van der Waals surface area contributed by atoms with Gasteiger partial charge in [0, 0.05) is 5.02 Å². The zero-order valence-electron chi connectivity index (χ0n) is 13.6. The maximum atomic E-state index is 12.8. The van der Waals surface area contributed by atoms with E-state index in [2.05, 4.69) is 32.5 Å². The molecule has 0 radical (unpaired) electrons. The topological polar surface area (TPSA) is 72.2 Å². The molecule has 0 aliphatic heterocycles. The summed E-state index contributed by atoms with van der Waals surface area (Å²) in [5.74, 6) is 0.616. The molecule has 0 aliphatic rings. The molecule has 0 unspecified atom stereocenters. The Morgan fingerprint density at radius 1 is 1.15 bits per heavy atom. The monoisotopic (exact) mass is 500 g/mol. The number of hydrogen-bond donors (Lipinski definition) is 1. The van der Waals surface area contributed by atoms with E-state index in [0.717, 1.165) is 9.13 Å². The fourth-order valence-electron chi connectivity index (χ4n) is 2.21. The summed E-state index contributed by atoms with van der Waals surface area (Å²) in [6.45, 7) is 1.77. The van der Waals surface area contributed by atoms with Crippen LogP contribution in [0.25, 0.3) is 11.8 Å². The predicted octanol–water partition coefficient (Wildman–Crippen LogP) is 4.72. The molecule has 0 amide bonds. The minimum Gasteiger partial charge on any atom is -0.360 e. The van der Waals surface area contributed by atoms with Crippen LogP contribution in [-0.4, -0.2) is 13.6 Å². The quantitative estimate of drug-likeness (QED) is 0.515. The number of halogens is 2. The van der Waals surface area contributed by atoms with Crippen LogP contribution in [0.4, 0.5) is 0 Å². The Bertz CT molecular complexity index is 1050. The van der Waals surface area contributed by atoms with Gasteiger partial charge in [-0.2, -0.15) is 0 Å². The van der Waals surface area contributed by atoms with Gasteiger partial charge in [-0.1, -0.05) is 47.1 Å². The van der Waals surface area contributed by atoms with Gasteiger partial charge < -0.3 is 4.52 Å². The third-order valence-corrected chi connectivity index (χ3v) is 6.43. The fourth-order valence-corrected chi connectivity index (χ4v) is 3.88. The molecule has 1 aromatic heterocycles. The predicted molar refractivity (Wildman–Crippen MR) is 110 cm³/mol. The Morgan fingerprint density at radius 3 is 2.38 bits per heavy atom. The first-order valence-electron chi connectivity index (χ1n) is 7.54. The summed E-state index contributed by atoms with van der Waals surface area (Å²) in [4.78, 5) is 0.107. The van der Waals surface area contributed by atoms with Crippen molar-refractivity contribution in [2.24, 2.45) is 0 Å². The van der Waals surface area contributed by atoms with E-state index in [4.69, 9.17) is 16.1 Å². The van der Waals surface area contributed by atoms with Crippen molar-refractivity contribution in [1.29, 1.82) is 0 Å². The Morgan fingerprint density at radius 2 is 1.81 bits per heavy atom. The van der Waals surface area contributed by atoms with E-state index in [1.54, 1.807) is 13.0 Å². The van der Waals surface area contributed by atoms with E-state index in [-0.39, 0.29) is 4.90 Å². The number of aromatic nitrogens is 1. The number of nitrogens with one attached hydrogen (secondary N) is 1. The molecule has 0 bridgehead atoms. The molecule has 0 aliphatic carbocycles. The zero-order chi connectivity index (χ0) is 18.7. The molecule has 0 saturated carbocycles. The highest BCUT2D eigenvalue weighted by Gasteiger charge is 2.21. The van der Waals surface area contributed by atoms with Crippen LogP contribution in [-0.2, 0) is 10.0 Å². The van der Waals surface area contributed by atoms with Crippen LogP contribution in [0.3, 0.4) is 0 Å². The van der Waals surface area contributed by atoms with Gasteiger partial charge in [-0.15, -0.1) is 0 Å². The van der Waals surface area contributed by atoms with Crippen molar-refractivity contribution in [3.63, 3.8) is 0 Å². The molecule has 0 spiro atoms. The van der Waals surface area contributed by atoms with Crippen molar-refractivity contribution in [3.05, 3.63) is 80.2 Å². The first-order valence-corrected chi connectivity index (χ1v) is 10.5. The standard InChI is InChI=1S/C18H14ClIN2O3S/c1-12-17(20)18(21-25-12)16(11-13-5-3-2-4-6-13)22-26(23,24)15-9-7-14(19)8-10-15/h2-11,22H,1H3. The summed E-state index contributed by atoms with van der Waals surface area (Å²) < 4.78 is 34.1. The van der Waals surface area contributed by atoms with Crippen LogP contribution in [0.5, 0.6) is 0 Å². The first-order chi connectivity index (χ1) is 12.4. The molecule has 5 nitrogen and oxygen atoms in total. The number of aryl methyl sites for hydroxylation is 1. The minimum absolute atomic E-state index is 0.107. The SMILES string of the molecule is Cc1onc(C(=Cc2ccccc2)NS(=O)(=O)c2ccc(Cl)cc2)c1I. The van der Waals surface area contributed by atoms with Crippen LogP contribution >= 0.6 is 34.2 Å². The van der Waals surface area contributed by atoms with Gasteiger partial charge in [0.25, 0.3) is 10.0 Å². The van der Waals surface area contributed by atoms with Crippen LogP contribution in [0.2, 0.25) is 5.02 Å². The zero-order valence-corrected chi connectivity index (χ0v) is 17.3. The summed E-state index contributed by atoms with van der Waals surface area (Å²) in [6.07, 6.45) is 1.72. The third kappa shape index (κ3) is 4.28. The first kappa shape index (κ1) is 18.9. The van der Waals surface area contributed by atoms with Crippen LogP contribution in [0.15, 0.2) is 64.0 Å². The number of nitrogens with zero attached hydrogens (tertiary/aromatic N) is 1. The third-order valence-electron chi connectivity index (χ3n) is 3.52. The van der Waals surface area contributed by atoms with Crippen molar-refractivity contribution in [1.82, 2.24) is 9.88 Å². The maximum Gasteiger partial charge on any atom is 0.261 e. The van der Waals surface area contributed by atoms with E-state index in [1.807, 2.05) is 30.3 Å². The van der Waals surface area contributed by atoms with Crippen molar-refractivity contribution < 1.29 is 12.9 Å². The molecule has 0 atom stereocenters. The van der Waals surface area contributed by atoms with Crippen LogP contribution < -0.4 is 4.72 Å². The van der Waals surface area contributed by atoms with Gasteiger partial charge in [-0.05, 0) is 65.4 Å². The van der Waals surface area contributed by atoms with E-state index in [9.17, 15) is 8.42 Å². The Labute approximate surface area is 170 Å². The fraction of sp³-hybridized carbons (Fsp3) is 0.0556. The van der Waals surface area contributed by atoms with Gasteiger partial charge in [0.15, 0.2) is 0 Å². The van der Waals surface area contributed by atoms with E-state index < -0.39 is 10.0 Å². The molecule has 2 aromatic carbocycles. The van der Waals surface area contributed by atoms with Gasteiger partial charge in [0.1, 0.15) is 11.5 Å². The maximum absolute atomic E-state index is 12.8. The van der Waals surface area contributed by atoms with Crippen molar-refractivity contribution >= 4 is 56.0 Å². The van der Waals surface area contributed by atoms with Gasteiger partial charge in [-0.25, -0.2) is 8.42 Å². The second kappa shape index (κ2) is 7.81. The van der Waals surface area contributed by atoms with Crippen LogP contribution in [0, 0.1) is 10.5 Å². The molecule has 1 heterocycles. The highest BCUT2D eigenvalue weighted by atomic mass is 127. The lowest BCUT2D eigenvalue weighted by Gasteiger charge is -2.11. The largest absolute Gasteiger partial charge is 0.360 e. The Balaban J connectivity index is 2.05. The summed E-state index contributed by atoms with van der Waals surface area (Å²) in [5.41, 5.74) is 1.59. The van der Waals surface area contributed by atoms with Gasteiger partial charge in [0.2, 0.25) is 0 Å². The number of sulfonamides is 1. The van der Waals surface area contributed by atoms with E-state index >= 15 is 0 Å². The number of rotatable bonds is 5. The average Bonchev–Trinajstić information content (AvgIpc) is 2.95. The van der Waals surface area contributed by atoms with Crippen molar-refractivity contribution in [3.8, 4) is 0 Å². The summed E-state index contributed by atoms with van der Waals surface area (Å²) in [5, 5.41) is 4.47.